The Bertz CT molecular complexity index is 413. The lowest BCUT2D eigenvalue weighted by molar-refractivity contribution is 0.320. The Morgan fingerprint density at radius 1 is 1.39 bits per heavy atom. The van der Waals surface area contributed by atoms with Crippen molar-refractivity contribution in [3.05, 3.63) is 34.1 Å². The second kappa shape index (κ2) is 5.70. The first-order valence-electron chi connectivity index (χ1n) is 6.64. The maximum absolute atomic E-state index is 13.7. The fourth-order valence-corrected chi connectivity index (χ4v) is 2.59. The average Bonchev–Trinajstić information content (AvgIpc) is 3.07. The third kappa shape index (κ3) is 4.36. The molecule has 1 aliphatic rings. The topological polar surface area (TPSA) is 12.0 Å². The number of halogens is 2. The van der Waals surface area contributed by atoms with Crippen LogP contribution in [0.5, 0.6) is 0 Å². The lowest BCUT2D eigenvalue weighted by atomic mass is 9.82. The molecule has 100 valence electrons. The number of hydrogen-bond donors (Lipinski definition) is 1. The number of benzene rings is 1. The molecule has 1 aromatic rings. The highest BCUT2D eigenvalue weighted by Crippen LogP contribution is 2.29. The summed E-state index contributed by atoms with van der Waals surface area (Å²) in [5, 5.41) is 3.52. The molecule has 0 unspecified atom stereocenters. The summed E-state index contributed by atoms with van der Waals surface area (Å²) in [6, 6.07) is 5.94. The number of rotatable bonds is 6. The molecular weight excluding hydrogens is 293 g/mol. The van der Waals surface area contributed by atoms with Gasteiger partial charge in [0, 0.05) is 10.5 Å². The molecule has 2 rings (SSSR count). The van der Waals surface area contributed by atoms with Gasteiger partial charge >= 0.3 is 0 Å². The SMILES string of the molecule is CC(C)(CCNC1CC1)Cc1cc(Br)ccc1F. The van der Waals surface area contributed by atoms with E-state index in [1.807, 2.05) is 6.07 Å². The van der Waals surface area contributed by atoms with Crippen LogP contribution in [0.4, 0.5) is 4.39 Å². The zero-order valence-corrected chi connectivity index (χ0v) is 12.7. The second-order valence-electron chi connectivity index (χ2n) is 6.06. The molecule has 1 aliphatic carbocycles. The quantitative estimate of drug-likeness (QED) is 0.825. The molecule has 0 aromatic heterocycles. The molecule has 0 amide bonds. The van der Waals surface area contributed by atoms with E-state index in [1.165, 1.54) is 18.9 Å². The predicted octanol–water partition coefficient (Wildman–Crippen LogP) is 4.30. The van der Waals surface area contributed by atoms with Gasteiger partial charge < -0.3 is 5.32 Å². The first kappa shape index (κ1) is 14.0. The summed E-state index contributed by atoms with van der Waals surface area (Å²) < 4.78 is 14.7. The summed E-state index contributed by atoms with van der Waals surface area (Å²) in [6.45, 7) is 5.46. The van der Waals surface area contributed by atoms with E-state index in [4.69, 9.17) is 0 Å². The maximum atomic E-state index is 13.7. The normalized spacial score (nSPS) is 16.0. The van der Waals surface area contributed by atoms with E-state index in [-0.39, 0.29) is 11.2 Å². The van der Waals surface area contributed by atoms with Gasteiger partial charge in [-0.2, -0.15) is 0 Å². The van der Waals surface area contributed by atoms with Crippen molar-refractivity contribution in [3.63, 3.8) is 0 Å². The Morgan fingerprint density at radius 3 is 2.78 bits per heavy atom. The number of nitrogens with one attached hydrogen (secondary N) is 1. The molecular formula is C15H21BrFN. The van der Waals surface area contributed by atoms with Crippen LogP contribution in [0.3, 0.4) is 0 Å². The highest BCUT2D eigenvalue weighted by molar-refractivity contribution is 9.10. The van der Waals surface area contributed by atoms with Gasteiger partial charge in [-0.3, -0.25) is 0 Å². The minimum Gasteiger partial charge on any atom is -0.314 e. The van der Waals surface area contributed by atoms with Gasteiger partial charge in [0.2, 0.25) is 0 Å². The molecule has 0 spiro atoms. The molecule has 1 saturated carbocycles. The molecule has 1 fully saturated rings. The zero-order valence-electron chi connectivity index (χ0n) is 11.1. The highest BCUT2D eigenvalue weighted by atomic mass is 79.9. The van der Waals surface area contributed by atoms with Crippen molar-refractivity contribution in [2.75, 3.05) is 6.54 Å². The molecule has 1 N–H and O–H groups in total. The molecule has 18 heavy (non-hydrogen) atoms. The molecule has 1 aromatic carbocycles. The first-order chi connectivity index (χ1) is 8.46. The Hall–Kier alpha value is -0.410. The minimum atomic E-state index is -0.0959. The summed E-state index contributed by atoms with van der Waals surface area (Å²) in [5.74, 6) is -0.0959. The van der Waals surface area contributed by atoms with Crippen LogP contribution in [0.15, 0.2) is 22.7 Å². The van der Waals surface area contributed by atoms with E-state index < -0.39 is 0 Å². The molecule has 0 radical (unpaired) electrons. The summed E-state index contributed by atoms with van der Waals surface area (Å²) in [7, 11) is 0. The van der Waals surface area contributed by atoms with Crippen LogP contribution in [-0.4, -0.2) is 12.6 Å². The largest absolute Gasteiger partial charge is 0.314 e. The van der Waals surface area contributed by atoms with Crippen molar-refractivity contribution >= 4 is 15.9 Å². The predicted molar refractivity (Wildman–Crippen MR) is 77.2 cm³/mol. The average molecular weight is 314 g/mol. The third-order valence-electron chi connectivity index (χ3n) is 3.49. The van der Waals surface area contributed by atoms with E-state index >= 15 is 0 Å². The molecule has 0 saturated heterocycles. The summed E-state index contributed by atoms with van der Waals surface area (Å²) >= 11 is 3.40. The zero-order chi connectivity index (χ0) is 13.2. The maximum Gasteiger partial charge on any atom is 0.126 e. The van der Waals surface area contributed by atoms with Crippen molar-refractivity contribution in [2.24, 2.45) is 5.41 Å². The molecule has 3 heteroatoms. The van der Waals surface area contributed by atoms with Gasteiger partial charge in [0.25, 0.3) is 0 Å². The standard InChI is InChI=1S/C15H21BrFN/c1-15(2,7-8-18-13-4-5-13)10-11-9-12(16)3-6-14(11)17/h3,6,9,13,18H,4-5,7-8,10H2,1-2H3. The van der Waals surface area contributed by atoms with Crippen LogP contribution in [0, 0.1) is 11.2 Å². The van der Waals surface area contributed by atoms with E-state index in [0.29, 0.717) is 0 Å². The molecule has 0 bridgehead atoms. The van der Waals surface area contributed by atoms with Crippen LogP contribution in [0.25, 0.3) is 0 Å². The fraction of sp³-hybridized carbons (Fsp3) is 0.600. The van der Waals surface area contributed by atoms with E-state index in [2.05, 4.69) is 35.1 Å². The summed E-state index contributed by atoms with van der Waals surface area (Å²) in [5.41, 5.74) is 0.935. The van der Waals surface area contributed by atoms with Crippen molar-refractivity contribution in [1.82, 2.24) is 5.32 Å². The highest BCUT2D eigenvalue weighted by Gasteiger charge is 2.23. The van der Waals surface area contributed by atoms with Gasteiger partial charge in [0.05, 0.1) is 0 Å². The van der Waals surface area contributed by atoms with Crippen molar-refractivity contribution in [3.8, 4) is 0 Å². The van der Waals surface area contributed by atoms with E-state index in [9.17, 15) is 4.39 Å². The van der Waals surface area contributed by atoms with Crippen LogP contribution < -0.4 is 5.32 Å². The Balaban J connectivity index is 1.90. The van der Waals surface area contributed by atoms with Gasteiger partial charge in [0.15, 0.2) is 0 Å². The van der Waals surface area contributed by atoms with Gasteiger partial charge in [0.1, 0.15) is 5.82 Å². The van der Waals surface area contributed by atoms with Crippen molar-refractivity contribution in [1.29, 1.82) is 0 Å². The van der Waals surface area contributed by atoms with Crippen LogP contribution in [0.2, 0.25) is 0 Å². The van der Waals surface area contributed by atoms with Crippen molar-refractivity contribution < 1.29 is 4.39 Å². The monoisotopic (exact) mass is 313 g/mol. The number of hydrogen-bond acceptors (Lipinski definition) is 1. The van der Waals surface area contributed by atoms with E-state index in [0.717, 1.165) is 35.5 Å². The molecule has 0 aliphatic heterocycles. The molecule has 1 nitrogen and oxygen atoms in total. The summed E-state index contributed by atoms with van der Waals surface area (Å²) in [4.78, 5) is 0. The smallest absolute Gasteiger partial charge is 0.126 e. The van der Waals surface area contributed by atoms with Gasteiger partial charge in [-0.15, -0.1) is 0 Å². The Labute approximate surface area is 117 Å². The first-order valence-corrected chi connectivity index (χ1v) is 7.43. The van der Waals surface area contributed by atoms with Gasteiger partial charge in [-0.05, 0) is 61.4 Å². The fourth-order valence-electron chi connectivity index (χ4n) is 2.18. The molecule has 0 heterocycles. The summed E-state index contributed by atoms with van der Waals surface area (Å²) in [6.07, 6.45) is 4.50. The van der Waals surface area contributed by atoms with Crippen molar-refractivity contribution in [2.45, 2.75) is 45.6 Å². The van der Waals surface area contributed by atoms with Gasteiger partial charge in [-0.25, -0.2) is 4.39 Å². The third-order valence-corrected chi connectivity index (χ3v) is 3.98. The Morgan fingerprint density at radius 2 is 2.11 bits per heavy atom. The van der Waals surface area contributed by atoms with Crippen LogP contribution in [0.1, 0.15) is 38.7 Å². The van der Waals surface area contributed by atoms with Gasteiger partial charge in [-0.1, -0.05) is 29.8 Å². The second-order valence-corrected chi connectivity index (χ2v) is 6.97. The molecule has 0 atom stereocenters. The van der Waals surface area contributed by atoms with E-state index in [1.54, 1.807) is 6.07 Å². The van der Waals surface area contributed by atoms with Crippen LogP contribution in [-0.2, 0) is 6.42 Å². The lowest BCUT2D eigenvalue weighted by Gasteiger charge is -2.25. The van der Waals surface area contributed by atoms with Crippen LogP contribution >= 0.6 is 15.9 Å². The Kier molecular flexibility index (Phi) is 4.44. The minimum absolute atomic E-state index is 0.0959. The lowest BCUT2D eigenvalue weighted by Crippen LogP contribution is -2.25.